The number of rotatable bonds is 6. The average Bonchev–Trinajstić information content (AvgIpc) is 2.46. The summed E-state index contributed by atoms with van der Waals surface area (Å²) in [6.45, 7) is 3.54. The van der Waals surface area contributed by atoms with E-state index in [2.05, 4.69) is 17.3 Å². The van der Waals surface area contributed by atoms with Gasteiger partial charge in [-0.25, -0.2) is 0 Å². The predicted octanol–water partition coefficient (Wildman–Crippen LogP) is 1.96. The lowest BCUT2D eigenvalue weighted by atomic mass is 10.00. The Bertz CT molecular complexity index is 459. The van der Waals surface area contributed by atoms with Crippen LogP contribution in [0.4, 0.5) is 11.4 Å². The molecule has 1 heterocycles. The van der Waals surface area contributed by atoms with Crippen molar-refractivity contribution < 1.29 is 9.53 Å². The summed E-state index contributed by atoms with van der Waals surface area (Å²) in [6.07, 6.45) is 2.74. The van der Waals surface area contributed by atoms with Crippen molar-refractivity contribution in [1.29, 1.82) is 0 Å². The summed E-state index contributed by atoms with van der Waals surface area (Å²) < 4.78 is 5.36. The third-order valence-electron chi connectivity index (χ3n) is 3.80. The number of carbonyl (C=O) groups excluding carboxylic acids is 1. The number of hydrogen-bond donors (Lipinski definition) is 2. The highest BCUT2D eigenvalue weighted by Gasteiger charge is 2.16. The van der Waals surface area contributed by atoms with E-state index in [0.29, 0.717) is 18.0 Å². The molecule has 1 aromatic rings. The normalized spacial score (nSPS) is 16.1. The molecule has 0 aliphatic carbocycles. The average molecular weight is 291 g/mol. The van der Waals surface area contributed by atoms with Crippen LogP contribution in [0.1, 0.15) is 19.3 Å². The van der Waals surface area contributed by atoms with Gasteiger partial charge in [0.05, 0.1) is 0 Å². The van der Waals surface area contributed by atoms with Crippen LogP contribution in [0.2, 0.25) is 0 Å². The maximum absolute atomic E-state index is 11.9. The molecule has 1 aromatic carbocycles. The molecule has 1 amide bonds. The molecule has 2 rings (SSSR count). The van der Waals surface area contributed by atoms with E-state index in [4.69, 9.17) is 10.5 Å². The van der Waals surface area contributed by atoms with E-state index >= 15 is 0 Å². The first-order valence-electron chi connectivity index (χ1n) is 7.55. The van der Waals surface area contributed by atoms with Crippen LogP contribution < -0.4 is 11.1 Å². The van der Waals surface area contributed by atoms with E-state index in [0.717, 1.165) is 44.8 Å². The van der Waals surface area contributed by atoms with Gasteiger partial charge in [0.2, 0.25) is 5.91 Å². The Morgan fingerprint density at radius 1 is 1.43 bits per heavy atom. The van der Waals surface area contributed by atoms with Crippen LogP contribution in [0.3, 0.4) is 0 Å². The second-order valence-electron chi connectivity index (χ2n) is 5.74. The van der Waals surface area contributed by atoms with Gasteiger partial charge >= 0.3 is 0 Å². The van der Waals surface area contributed by atoms with Crippen molar-refractivity contribution >= 4 is 17.3 Å². The van der Waals surface area contributed by atoms with E-state index in [-0.39, 0.29) is 5.91 Å². The van der Waals surface area contributed by atoms with Crippen molar-refractivity contribution in [2.24, 2.45) is 5.92 Å². The van der Waals surface area contributed by atoms with Gasteiger partial charge in [-0.05, 0) is 44.0 Å². The molecule has 1 aliphatic heterocycles. The molecule has 0 atom stereocenters. The number of carbonyl (C=O) groups is 1. The zero-order valence-corrected chi connectivity index (χ0v) is 12.7. The fourth-order valence-electron chi connectivity index (χ4n) is 2.59. The quantitative estimate of drug-likeness (QED) is 0.786. The molecule has 5 nitrogen and oxygen atoms in total. The van der Waals surface area contributed by atoms with Crippen LogP contribution >= 0.6 is 0 Å². The van der Waals surface area contributed by atoms with E-state index in [9.17, 15) is 4.79 Å². The van der Waals surface area contributed by atoms with Crippen LogP contribution in [0.5, 0.6) is 0 Å². The van der Waals surface area contributed by atoms with Gasteiger partial charge in [-0.1, -0.05) is 6.07 Å². The third kappa shape index (κ3) is 5.73. The Kier molecular flexibility index (Phi) is 6.02. The first kappa shape index (κ1) is 15.8. The Labute approximate surface area is 126 Å². The summed E-state index contributed by atoms with van der Waals surface area (Å²) in [7, 11) is 2.07. The molecule has 0 spiro atoms. The minimum absolute atomic E-state index is 0.0272. The first-order valence-corrected chi connectivity index (χ1v) is 7.55. The number of ether oxygens (including phenoxy) is 1. The van der Waals surface area contributed by atoms with Gasteiger partial charge in [-0.15, -0.1) is 0 Å². The number of nitrogens with one attached hydrogen (secondary N) is 1. The van der Waals surface area contributed by atoms with Crippen molar-refractivity contribution in [2.45, 2.75) is 19.3 Å². The van der Waals surface area contributed by atoms with E-state index < -0.39 is 0 Å². The molecule has 0 radical (unpaired) electrons. The molecule has 21 heavy (non-hydrogen) atoms. The smallest absolute Gasteiger partial charge is 0.225 e. The second kappa shape index (κ2) is 8.00. The SMILES string of the molecule is CN(CCC(=O)Nc1cccc(N)c1)CC1CCOCC1. The molecule has 0 saturated carbocycles. The highest BCUT2D eigenvalue weighted by Crippen LogP contribution is 2.16. The van der Waals surface area contributed by atoms with E-state index in [1.807, 2.05) is 12.1 Å². The Morgan fingerprint density at radius 3 is 2.90 bits per heavy atom. The predicted molar refractivity (Wildman–Crippen MR) is 85.1 cm³/mol. The van der Waals surface area contributed by atoms with Crippen molar-refractivity contribution in [2.75, 3.05) is 44.4 Å². The zero-order chi connectivity index (χ0) is 15.1. The highest BCUT2D eigenvalue weighted by atomic mass is 16.5. The fraction of sp³-hybridized carbons (Fsp3) is 0.562. The first-order chi connectivity index (χ1) is 10.1. The van der Waals surface area contributed by atoms with E-state index in [1.54, 1.807) is 12.1 Å². The number of amides is 1. The van der Waals surface area contributed by atoms with Crippen molar-refractivity contribution in [3.05, 3.63) is 24.3 Å². The molecule has 3 N–H and O–H groups in total. The molecule has 0 unspecified atom stereocenters. The lowest BCUT2D eigenvalue weighted by molar-refractivity contribution is -0.116. The Morgan fingerprint density at radius 2 is 2.19 bits per heavy atom. The van der Waals surface area contributed by atoms with Gasteiger partial charge in [-0.2, -0.15) is 0 Å². The number of benzene rings is 1. The van der Waals surface area contributed by atoms with Crippen molar-refractivity contribution in [3.63, 3.8) is 0 Å². The number of nitrogens with two attached hydrogens (primary N) is 1. The lowest BCUT2D eigenvalue weighted by Gasteiger charge is -2.26. The number of nitrogens with zero attached hydrogens (tertiary/aromatic N) is 1. The standard InChI is InChI=1S/C16H25N3O2/c1-19(12-13-6-9-21-10-7-13)8-5-16(20)18-15-4-2-3-14(17)11-15/h2-4,11,13H,5-10,12,17H2,1H3,(H,18,20). The van der Waals surface area contributed by atoms with Gasteiger partial charge in [0.1, 0.15) is 0 Å². The van der Waals surface area contributed by atoms with Gasteiger partial charge in [-0.3, -0.25) is 4.79 Å². The molecule has 1 aliphatic rings. The van der Waals surface area contributed by atoms with Crippen molar-refractivity contribution in [1.82, 2.24) is 4.90 Å². The second-order valence-corrected chi connectivity index (χ2v) is 5.74. The molecule has 1 saturated heterocycles. The summed E-state index contributed by atoms with van der Waals surface area (Å²) in [6, 6.07) is 7.25. The topological polar surface area (TPSA) is 67.6 Å². The Balaban J connectivity index is 1.68. The minimum Gasteiger partial charge on any atom is -0.399 e. The molecule has 1 fully saturated rings. The molecular formula is C16H25N3O2. The number of nitrogen functional groups attached to an aromatic ring is 1. The molecule has 116 valence electrons. The molecule has 5 heteroatoms. The van der Waals surface area contributed by atoms with Crippen LogP contribution in [0.25, 0.3) is 0 Å². The Hall–Kier alpha value is -1.59. The van der Waals surface area contributed by atoms with E-state index in [1.165, 1.54) is 0 Å². The maximum Gasteiger partial charge on any atom is 0.225 e. The molecular weight excluding hydrogens is 266 g/mol. The van der Waals surface area contributed by atoms with Crippen molar-refractivity contribution in [3.8, 4) is 0 Å². The summed E-state index contributed by atoms with van der Waals surface area (Å²) in [5, 5.41) is 2.88. The van der Waals surface area contributed by atoms with Crippen LogP contribution in [-0.2, 0) is 9.53 Å². The zero-order valence-electron chi connectivity index (χ0n) is 12.7. The highest BCUT2D eigenvalue weighted by molar-refractivity contribution is 5.91. The number of anilines is 2. The molecule has 0 bridgehead atoms. The minimum atomic E-state index is 0.0272. The van der Waals surface area contributed by atoms with Gasteiger partial charge in [0.25, 0.3) is 0 Å². The van der Waals surface area contributed by atoms with Gasteiger partial charge < -0.3 is 20.7 Å². The largest absolute Gasteiger partial charge is 0.399 e. The van der Waals surface area contributed by atoms with Crippen LogP contribution in [0.15, 0.2) is 24.3 Å². The number of hydrogen-bond acceptors (Lipinski definition) is 4. The monoisotopic (exact) mass is 291 g/mol. The summed E-state index contributed by atoms with van der Waals surface area (Å²) in [5.74, 6) is 0.722. The third-order valence-corrected chi connectivity index (χ3v) is 3.80. The summed E-state index contributed by atoms with van der Waals surface area (Å²) in [4.78, 5) is 14.2. The van der Waals surface area contributed by atoms with Gasteiger partial charge in [0, 0.05) is 44.1 Å². The summed E-state index contributed by atoms with van der Waals surface area (Å²) >= 11 is 0. The lowest BCUT2D eigenvalue weighted by Crippen LogP contribution is -2.31. The molecule has 0 aromatic heterocycles. The van der Waals surface area contributed by atoms with Crippen LogP contribution in [-0.4, -0.2) is 44.2 Å². The fourth-order valence-corrected chi connectivity index (χ4v) is 2.59. The van der Waals surface area contributed by atoms with Crippen LogP contribution in [0, 0.1) is 5.92 Å². The maximum atomic E-state index is 11.9. The summed E-state index contributed by atoms with van der Waals surface area (Å²) in [5.41, 5.74) is 7.10. The van der Waals surface area contributed by atoms with Gasteiger partial charge in [0.15, 0.2) is 0 Å².